The van der Waals surface area contributed by atoms with Gasteiger partial charge in [0.15, 0.2) is 0 Å². The Kier molecular flexibility index (Phi) is 7.61. The standard InChI is InChI=1S/C50H40N2/c1-4-16-35(17-5-1)49-42-23-10-12-25-44(42)50(45-26-13-11-24-43(45)49)36-28-30-39(31-29-36)51(37-18-6-2-7-19-37)40-32-33-48-46(34-40)41-22-14-15-27-47(41)52(48)38-20-8-3-9-21-38/h1-13,16-21,23-26,28-34,41,47H,14-15,22,27H2. The summed E-state index contributed by atoms with van der Waals surface area (Å²) in [6, 6.07) is 67.5. The van der Waals surface area contributed by atoms with Gasteiger partial charge in [0.1, 0.15) is 0 Å². The van der Waals surface area contributed by atoms with E-state index in [1.54, 1.807) is 0 Å². The molecule has 2 heteroatoms. The minimum atomic E-state index is 0.517. The van der Waals surface area contributed by atoms with Gasteiger partial charge >= 0.3 is 0 Å². The van der Waals surface area contributed by atoms with E-state index < -0.39 is 0 Å². The van der Waals surface area contributed by atoms with E-state index in [0.29, 0.717) is 12.0 Å². The summed E-state index contributed by atoms with van der Waals surface area (Å²) in [7, 11) is 0. The number of benzene rings is 8. The highest BCUT2D eigenvalue weighted by atomic mass is 15.2. The van der Waals surface area contributed by atoms with Crippen LogP contribution in [0.4, 0.5) is 28.4 Å². The number of nitrogens with zero attached hydrogens (tertiary/aromatic N) is 2. The third-order valence-electron chi connectivity index (χ3n) is 11.4. The number of rotatable bonds is 6. The molecule has 2 unspecified atom stereocenters. The zero-order valence-electron chi connectivity index (χ0n) is 29.2. The predicted octanol–water partition coefficient (Wildman–Crippen LogP) is 14.0. The Balaban J connectivity index is 1.10. The maximum absolute atomic E-state index is 2.63. The van der Waals surface area contributed by atoms with Gasteiger partial charge in [0.25, 0.3) is 0 Å². The quantitative estimate of drug-likeness (QED) is 0.163. The molecule has 0 N–H and O–H groups in total. The lowest BCUT2D eigenvalue weighted by Crippen LogP contribution is -2.32. The van der Waals surface area contributed by atoms with Crippen LogP contribution in [0.3, 0.4) is 0 Å². The van der Waals surface area contributed by atoms with E-state index in [2.05, 4.69) is 192 Å². The third-order valence-corrected chi connectivity index (χ3v) is 11.4. The van der Waals surface area contributed by atoms with Gasteiger partial charge in [0.05, 0.1) is 0 Å². The number of hydrogen-bond donors (Lipinski definition) is 0. The maximum Gasteiger partial charge on any atom is 0.0465 e. The van der Waals surface area contributed by atoms with Crippen molar-refractivity contribution < 1.29 is 0 Å². The molecule has 2 atom stereocenters. The van der Waals surface area contributed by atoms with Crippen molar-refractivity contribution in [3.05, 3.63) is 188 Å². The van der Waals surface area contributed by atoms with Crippen LogP contribution in [-0.2, 0) is 0 Å². The lowest BCUT2D eigenvalue weighted by atomic mass is 9.82. The predicted molar refractivity (Wildman–Crippen MR) is 221 cm³/mol. The fourth-order valence-electron chi connectivity index (χ4n) is 9.23. The van der Waals surface area contributed by atoms with E-state index in [9.17, 15) is 0 Å². The molecule has 10 rings (SSSR count). The Hall–Kier alpha value is -6.12. The molecule has 0 bridgehead atoms. The van der Waals surface area contributed by atoms with Crippen LogP contribution >= 0.6 is 0 Å². The molecule has 0 spiro atoms. The largest absolute Gasteiger partial charge is 0.338 e. The van der Waals surface area contributed by atoms with Crippen molar-refractivity contribution in [1.29, 1.82) is 0 Å². The fraction of sp³-hybridized carbons (Fsp3) is 0.120. The van der Waals surface area contributed by atoms with Crippen LogP contribution in [0.15, 0.2) is 182 Å². The first-order chi connectivity index (χ1) is 25.8. The van der Waals surface area contributed by atoms with Gasteiger partial charge in [0.2, 0.25) is 0 Å². The Labute approximate surface area is 306 Å². The topological polar surface area (TPSA) is 6.48 Å². The van der Waals surface area contributed by atoms with E-state index in [0.717, 1.165) is 11.4 Å². The number of fused-ring (bicyclic) bond motifs is 5. The first-order valence-electron chi connectivity index (χ1n) is 18.8. The van der Waals surface area contributed by atoms with E-state index in [1.165, 1.54) is 92.1 Å². The van der Waals surface area contributed by atoms with Crippen LogP contribution < -0.4 is 9.80 Å². The second kappa shape index (κ2) is 12.9. The van der Waals surface area contributed by atoms with Crippen LogP contribution in [0.1, 0.15) is 37.2 Å². The summed E-state index contributed by atoms with van der Waals surface area (Å²) in [5.41, 5.74) is 12.7. The highest BCUT2D eigenvalue weighted by Gasteiger charge is 2.40. The lowest BCUT2D eigenvalue weighted by molar-refractivity contribution is 0.402. The molecule has 0 aromatic heterocycles. The normalized spacial score (nSPS) is 16.5. The highest BCUT2D eigenvalue weighted by Crippen LogP contribution is 2.53. The lowest BCUT2D eigenvalue weighted by Gasteiger charge is -2.33. The van der Waals surface area contributed by atoms with Crippen LogP contribution in [0.25, 0.3) is 43.8 Å². The van der Waals surface area contributed by atoms with Crippen LogP contribution in [0.5, 0.6) is 0 Å². The van der Waals surface area contributed by atoms with Gasteiger partial charge in [0, 0.05) is 40.4 Å². The molecule has 2 aliphatic rings. The summed E-state index contributed by atoms with van der Waals surface area (Å²) >= 11 is 0. The Bertz CT molecular complexity index is 2470. The molecule has 1 aliphatic carbocycles. The minimum absolute atomic E-state index is 0.517. The zero-order chi connectivity index (χ0) is 34.4. The number of para-hydroxylation sites is 2. The van der Waals surface area contributed by atoms with Gasteiger partial charge < -0.3 is 9.80 Å². The van der Waals surface area contributed by atoms with Crippen molar-refractivity contribution in [2.75, 3.05) is 9.80 Å². The van der Waals surface area contributed by atoms with Crippen molar-refractivity contribution in [2.24, 2.45) is 0 Å². The van der Waals surface area contributed by atoms with Crippen LogP contribution in [-0.4, -0.2) is 6.04 Å². The molecular weight excluding hydrogens is 629 g/mol. The van der Waals surface area contributed by atoms with Crippen molar-refractivity contribution in [2.45, 2.75) is 37.6 Å². The first-order valence-corrected chi connectivity index (χ1v) is 18.8. The smallest absolute Gasteiger partial charge is 0.0465 e. The summed E-state index contributed by atoms with van der Waals surface area (Å²) in [6.07, 6.45) is 5.08. The van der Waals surface area contributed by atoms with E-state index in [1.807, 2.05) is 0 Å². The molecule has 1 fully saturated rings. The number of anilines is 5. The van der Waals surface area contributed by atoms with Gasteiger partial charge in [-0.05, 0) is 117 Å². The van der Waals surface area contributed by atoms with Crippen LogP contribution in [0.2, 0.25) is 0 Å². The molecule has 1 aliphatic heterocycles. The minimum Gasteiger partial charge on any atom is -0.338 e. The summed E-state index contributed by atoms with van der Waals surface area (Å²) in [6.45, 7) is 0. The summed E-state index contributed by atoms with van der Waals surface area (Å²) < 4.78 is 0. The summed E-state index contributed by atoms with van der Waals surface area (Å²) in [5, 5.41) is 5.11. The van der Waals surface area contributed by atoms with Crippen molar-refractivity contribution in [3.63, 3.8) is 0 Å². The molecule has 1 saturated carbocycles. The number of hydrogen-bond acceptors (Lipinski definition) is 2. The van der Waals surface area contributed by atoms with E-state index >= 15 is 0 Å². The fourth-order valence-corrected chi connectivity index (χ4v) is 9.23. The Morgan fingerprint density at radius 1 is 0.423 bits per heavy atom. The monoisotopic (exact) mass is 668 g/mol. The van der Waals surface area contributed by atoms with Crippen LogP contribution in [0, 0.1) is 0 Å². The third kappa shape index (κ3) is 5.09. The van der Waals surface area contributed by atoms with Gasteiger partial charge in [-0.3, -0.25) is 0 Å². The van der Waals surface area contributed by atoms with E-state index in [-0.39, 0.29) is 0 Å². The second-order valence-corrected chi connectivity index (χ2v) is 14.3. The maximum atomic E-state index is 2.63. The van der Waals surface area contributed by atoms with Gasteiger partial charge in [-0.25, -0.2) is 0 Å². The SMILES string of the molecule is c1ccc(-c2c3ccccc3c(-c3ccc(N(c4ccccc4)c4ccc5c(c4)C4CCCCC4N5c4ccccc4)cc3)c3ccccc23)cc1. The first kappa shape index (κ1) is 30.7. The summed E-state index contributed by atoms with van der Waals surface area (Å²) in [4.78, 5) is 5.06. The van der Waals surface area contributed by atoms with E-state index in [4.69, 9.17) is 0 Å². The molecular formula is C50H40N2. The molecule has 0 saturated heterocycles. The molecule has 8 aromatic carbocycles. The van der Waals surface area contributed by atoms with Gasteiger partial charge in [-0.2, -0.15) is 0 Å². The molecule has 0 amide bonds. The molecule has 1 heterocycles. The average molecular weight is 669 g/mol. The van der Waals surface area contributed by atoms with Crippen molar-refractivity contribution >= 4 is 50.0 Å². The highest BCUT2D eigenvalue weighted by molar-refractivity contribution is 6.21. The van der Waals surface area contributed by atoms with Crippen molar-refractivity contribution in [1.82, 2.24) is 0 Å². The average Bonchev–Trinajstić information content (AvgIpc) is 3.55. The van der Waals surface area contributed by atoms with Crippen molar-refractivity contribution in [3.8, 4) is 22.3 Å². The van der Waals surface area contributed by atoms with Gasteiger partial charge in [-0.1, -0.05) is 140 Å². The Morgan fingerprint density at radius 3 is 1.52 bits per heavy atom. The molecule has 2 nitrogen and oxygen atoms in total. The van der Waals surface area contributed by atoms with Gasteiger partial charge in [-0.15, -0.1) is 0 Å². The zero-order valence-corrected chi connectivity index (χ0v) is 29.2. The molecule has 8 aromatic rings. The molecule has 52 heavy (non-hydrogen) atoms. The molecule has 0 radical (unpaired) electrons. The second-order valence-electron chi connectivity index (χ2n) is 14.3. The Morgan fingerprint density at radius 2 is 0.904 bits per heavy atom. The summed E-state index contributed by atoms with van der Waals surface area (Å²) in [5.74, 6) is 0.546. The molecule has 250 valence electrons.